The van der Waals surface area contributed by atoms with Crippen LogP contribution in [-0.2, 0) is 0 Å². The smallest absolute Gasteiger partial charge is 0.181 e. The van der Waals surface area contributed by atoms with Crippen LogP contribution in [0.1, 0.15) is 11.9 Å². The van der Waals surface area contributed by atoms with Gasteiger partial charge in [-0.15, -0.1) is 0 Å². The van der Waals surface area contributed by atoms with E-state index in [1.165, 1.54) is 0 Å². The minimum atomic E-state index is -0.505. The molecule has 0 radical (unpaired) electrons. The van der Waals surface area contributed by atoms with Gasteiger partial charge in [-0.25, -0.2) is 4.98 Å². The summed E-state index contributed by atoms with van der Waals surface area (Å²) in [5.41, 5.74) is 6.52. The molecule has 0 fully saturated rings. The molecule has 0 unspecified atom stereocenters. The molecule has 0 aliphatic rings. The quantitative estimate of drug-likeness (QED) is 0.678. The number of hydrogen-bond donors (Lipinski definition) is 3. The summed E-state index contributed by atoms with van der Waals surface area (Å²) in [6, 6.07) is 9.08. The number of benzene rings is 1. The predicted octanol–water partition coefficient (Wildman–Crippen LogP) is 0.464. The molecule has 4 N–H and O–H groups in total. The van der Waals surface area contributed by atoms with Crippen molar-refractivity contribution in [3.8, 4) is 11.4 Å². The van der Waals surface area contributed by atoms with Crippen LogP contribution < -0.4 is 5.73 Å². The van der Waals surface area contributed by atoms with Crippen LogP contribution in [0.15, 0.2) is 30.3 Å². The monoisotopic (exact) mass is 204 g/mol. The zero-order chi connectivity index (χ0) is 10.7. The van der Waals surface area contributed by atoms with Crippen LogP contribution in [0.2, 0.25) is 0 Å². The van der Waals surface area contributed by atoms with Crippen LogP contribution in [0.25, 0.3) is 11.4 Å². The van der Waals surface area contributed by atoms with E-state index in [1.807, 2.05) is 30.3 Å². The van der Waals surface area contributed by atoms with Gasteiger partial charge in [0.15, 0.2) is 5.82 Å². The number of aromatic amines is 1. The van der Waals surface area contributed by atoms with E-state index in [0.717, 1.165) is 5.56 Å². The van der Waals surface area contributed by atoms with Crippen LogP contribution >= 0.6 is 0 Å². The lowest BCUT2D eigenvalue weighted by Gasteiger charge is -2.00. The van der Waals surface area contributed by atoms with Gasteiger partial charge in [0.05, 0.1) is 12.6 Å². The van der Waals surface area contributed by atoms with E-state index in [4.69, 9.17) is 10.8 Å². The maximum atomic E-state index is 8.86. The number of nitrogens with zero attached hydrogens (tertiary/aromatic N) is 2. The summed E-state index contributed by atoms with van der Waals surface area (Å²) in [5.74, 6) is 1.09. The lowest BCUT2D eigenvalue weighted by Crippen LogP contribution is -2.16. The summed E-state index contributed by atoms with van der Waals surface area (Å²) in [6.45, 7) is -0.149. The maximum absolute atomic E-state index is 8.86. The average Bonchev–Trinajstić information content (AvgIpc) is 2.78. The van der Waals surface area contributed by atoms with Crippen molar-refractivity contribution >= 4 is 0 Å². The van der Waals surface area contributed by atoms with Crippen molar-refractivity contribution in [3.05, 3.63) is 36.2 Å². The van der Waals surface area contributed by atoms with E-state index in [2.05, 4.69) is 15.2 Å². The van der Waals surface area contributed by atoms with Crippen LogP contribution in [0.3, 0.4) is 0 Å². The molecule has 5 heteroatoms. The third kappa shape index (κ3) is 2.03. The van der Waals surface area contributed by atoms with Gasteiger partial charge in [-0.3, -0.25) is 5.10 Å². The van der Waals surface area contributed by atoms with Gasteiger partial charge in [0.1, 0.15) is 5.82 Å². The second-order valence-corrected chi connectivity index (χ2v) is 3.20. The summed E-state index contributed by atoms with van der Waals surface area (Å²) in [4.78, 5) is 4.20. The van der Waals surface area contributed by atoms with E-state index >= 15 is 0 Å². The highest BCUT2D eigenvalue weighted by Gasteiger charge is 2.10. The van der Waals surface area contributed by atoms with Gasteiger partial charge in [0.2, 0.25) is 0 Å². The van der Waals surface area contributed by atoms with Gasteiger partial charge in [0, 0.05) is 5.56 Å². The molecule has 1 atom stereocenters. The third-order valence-electron chi connectivity index (χ3n) is 2.08. The number of aromatic nitrogens is 3. The zero-order valence-corrected chi connectivity index (χ0v) is 8.09. The Morgan fingerprint density at radius 3 is 2.73 bits per heavy atom. The van der Waals surface area contributed by atoms with E-state index in [0.29, 0.717) is 11.6 Å². The molecule has 0 bridgehead atoms. The van der Waals surface area contributed by atoms with Crippen LogP contribution in [-0.4, -0.2) is 26.9 Å². The fraction of sp³-hybridized carbons (Fsp3) is 0.200. The van der Waals surface area contributed by atoms with E-state index in [9.17, 15) is 0 Å². The molecule has 0 saturated heterocycles. The molecule has 2 aromatic rings. The topological polar surface area (TPSA) is 87.8 Å². The van der Waals surface area contributed by atoms with Gasteiger partial charge in [-0.2, -0.15) is 5.10 Å². The Morgan fingerprint density at radius 2 is 2.07 bits per heavy atom. The molecule has 2 rings (SSSR count). The minimum Gasteiger partial charge on any atom is -0.394 e. The Morgan fingerprint density at radius 1 is 1.33 bits per heavy atom. The highest BCUT2D eigenvalue weighted by atomic mass is 16.3. The number of H-pyrrole nitrogens is 1. The molecule has 0 aliphatic heterocycles. The first kappa shape index (κ1) is 9.82. The van der Waals surface area contributed by atoms with Gasteiger partial charge in [-0.05, 0) is 0 Å². The predicted molar refractivity (Wildman–Crippen MR) is 55.8 cm³/mol. The lowest BCUT2D eigenvalue weighted by molar-refractivity contribution is 0.263. The number of hydrogen-bond acceptors (Lipinski definition) is 4. The highest BCUT2D eigenvalue weighted by Crippen LogP contribution is 2.14. The number of aliphatic hydroxyl groups excluding tert-OH is 1. The Balaban J connectivity index is 2.28. The number of nitrogens with two attached hydrogens (primary N) is 1. The van der Waals surface area contributed by atoms with Crippen molar-refractivity contribution in [2.24, 2.45) is 5.73 Å². The largest absolute Gasteiger partial charge is 0.394 e. The number of rotatable bonds is 3. The lowest BCUT2D eigenvalue weighted by atomic mass is 10.2. The van der Waals surface area contributed by atoms with Gasteiger partial charge >= 0.3 is 0 Å². The van der Waals surface area contributed by atoms with Crippen molar-refractivity contribution in [3.63, 3.8) is 0 Å². The maximum Gasteiger partial charge on any atom is 0.181 e. The molecule has 0 spiro atoms. The van der Waals surface area contributed by atoms with Gasteiger partial charge in [-0.1, -0.05) is 30.3 Å². The average molecular weight is 204 g/mol. The molecular weight excluding hydrogens is 192 g/mol. The van der Waals surface area contributed by atoms with E-state index in [-0.39, 0.29) is 6.61 Å². The molecule has 0 saturated carbocycles. The second kappa shape index (κ2) is 4.20. The van der Waals surface area contributed by atoms with Gasteiger partial charge in [0.25, 0.3) is 0 Å². The Hall–Kier alpha value is -1.72. The first-order valence-corrected chi connectivity index (χ1v) is 4.65. The van der Waals surface area contributed by atoms with Crippen LogP contribution in [0.5, 0.6) is 0 Å². The third-order valence-corrected chi connectivity index (χ3v) is 2.08. The molecule has 0 aliphatic carbocycles. The van der Waals surface area contributed by atoms with Crippen molar-refractivity contribution in [1.29, 1.82) is 0 Å². The first-order chi connectivity index (χ1) is 7.31. The SMILES string of the molecule is N[C@H](CO)c1nc(-c2ccccc2)n[nH]1. The molecule has 15 heavy (non-hydrogen) atoms. The molecule has 0 amide bonds. The normalized spacial score (nSPS) is 12.7. The van der Waals surface area contributed by atoms with Gasteiger partial charge < -0.3 is 10.8 Å². The summed E-state index contributed by atoms with van der Waals surface area (Å²) < 4.78 is 0. The number of aliphatic hydroxyl groups is 1. The molecule has 5 nitrogen and oxygen atoms in total. The second-order valence-electron chi connectivity index (χ2n) is 3.20. The van der Waals surface area contributed by atoms with Crippen molar-refractivity contribution in [2.45, 2.75) is 6.04 Å². The Labute approximate surface area is 87.0 Å². The van der Waals surface area contributed by atoms with Crippen LogP contribution in [0, 0.1) is 0 Å². The molecule has 1 aromatic carbocycles. The summed E-state index contributed by atoms with van der Waals surface area (Å²) in [6.07, 6.45) is 0. The fourth-order valence-corrected chi connectivity index (χ4v) is 1.24. The summed E-state index contributed by atoms with van der Waals surface area (Å²) in [5, 5.41) is 15.6. The van der Waals surface area contributed by atoms with Crippen molar-refractivity contribution in [2.75, 3.05) is 6.61 Å². The zero-order valence-electron chi connectivity index (χ0n) is 8.09. The fourth-order valence-electron chi connectivity index (χ4n) is 1.24. The van der Waals surface area contributed by atoms with E-state index < -0.39 is 6.04 Å². The van der Waals surface area contributed by atoms with Crippen molar-refractivity contribution < 1.29 is 5.11 Å². The minimum absolute atomic E-state index is 0.149. The van der Waals surface area contributed by atoms with Crippen molar-refractivity contribution in [1.82, 2.24) is 15.2 Å². The Bertz CT molecular complexity index is 426. The molecule has 78 valence electrons. The van der Waals surface area contributed by atoms with E-state index in [1.54, 1.807) is 0 Å². The first-order valence-electron chi connectivity index (χ1n) is 4.65. The van der Waals surface area contributed by atoms with Crippen LogP contribution in [0.4, 0.5) is 0 Å². The highest BCUT2D eigenvalue weighted by molar-refractivity contribution is 5.53. The number of nitrogens with one attached hydrogen (secondary N) is 1. The molecule has 1 heterocycles. The standard InChI is InChI=1S/C10H12N4O/c11-8(6-15)10-12-9(13-14-10)7-4-2-1-3-5-7/h1-5,8,15H,6,11H2,(H,12,13,14)/t8-/m1/s1. The molecule has 1 aromatic heterocycles. The summed E-state index contributed by atoms with van der Waals surface area (Å²) in [7, 11) is 0. The Kier molecular flexibility index (Phi) is 2.75. The summed E-state index contributed by atoms with van der Waals surface area (Å²) >= 11 is 0. The molecular formula is C10H12N4O.